The molecule has 0 unspecified atom stereocenters. The number of nitrogens with zero attached hydrogens (tertiary/aromatic N) is 2. The molecule has 4 nitrogen and oxygen atoms in total. The first-order valence-electron chi connectivity index (χ1n) is 10.6. The minimum absolute atomic E-state index is 0.272. The lowest BCUT2D eigenvalue weighted by atomic mass is 9.97. The van der Waals surface area contributed by atoms with Crippen LogP contribution >= 0.6 is 0 Å². The number of hydrogen-bond donors (Lipinski definition) is 1. The Morgan fingerprint density at radius 1 is 0.933 bits per heavy atom. The molecule has 0 bridgehead atoms. The van der Waals surface area contributed by atoms with Crippen LogP contribution in [0.5, 0.6) is 5.75 Å². The predicted octanol–water partition coefficient (Wildman–Crippen LogP) is 4.70. The molecule has 0 aliphatic carbocycles. The fourth-order valence-electron chi connectivity index (χ4n) is 4.94. The highest BCUT2D eigenvalue weighted by Crippen LogP contribution is 2.42. The van der Waals surface area contributed by atoms with Crippen molar-refractivity contribution in [1.29, 1.82) is 0 Å². The molecular weight excluding hydrogens is 372 g/mol. The van der Waals surface area contributed by atoms with Gasteiger partial charge < -0.3 is 9.84 Å². The van der Waals surface area contributed by atoms with E-state index in [9.17, 15) is 5.11 Å². The van der Waals surface area contributed by atoms with E-state index in [-0.39, 0.29) is 6.04 Å². The quantitative estimate of drug-likeness (QED) is 0.646. The van der Waals surface area contributed by atoms with E-state index in [0.29, 0.717) is 6.54 Å². The molecule has 3 aromatic carbocycles. The number of rotatable bonds is 4. The standard InChI is InChI=1S/C26H27N2O2/c1-30-23-17-15-22(16-18-23)28-25-14-8-13-24(20-9-4-2-5-10-20)27(25)19-26(28,29)21-11-6-3-7-12-21/h2-7,9-12,15-18,24,29H,8,13-14,19H2,1H3/q+1/t24-,26+/m0/s1. The molecule has 152 valence electrons. The molecule has 0 amide bonds. The van der Waals surface area contributed by atoms with Gasteiger partial charge in [0.05, 0.1) is 7.11 Å². The zero-order chi connectivity index (χ0) is 20.6. The molecule has 2 aliphatic heterocycles. The Kier molecular flexibility index (Phi) is 4.80. The van der Waals surface area contributed by atoms with Crippen molar-refractivity contribution in [2.24, 2.45) is 0 Å². The zero-order valence-corrected chi connectivity index (χ0v) is 17.2. The van der Waals surface area contributed by atoms with E-state index in [1.165, 1.54) is 11.4 Å². The lowest BCUT2D eigenvalue weighted by molar-refractivity contribution is -0.582. The van der Waals surface area contributed by atoms with Crippen molar-refractivity contribution in [3.8, 4) is 5.75 Å². The third-order valence-corrected chi connectivity index (χ3v) is 6.36. The topological polar surface area (TPSA) is 35.7 Å². The molecular formula is C26H27N2O2+. The fourth-order valence-corrected chi connectivity index (χ4v) is 4.94. The normalized spacial score (nSPS) is 23.4. The molecule has 0 saturated heterocycles. The van der Waals surface area contributed by atoms with Gasteiger partial charge in [0, 0.05) is 12.0 Å². The minimum Gasteiger partial charge on any atom is -0.497 e. The maximum atomic E-state index is 12.1. The van der Waals surface area contributed by atoms with Crippen LogP contribution < -0.4 is 9.64 Å². The molecule has 0 saturated carbocycles. The summed E-state index contributed by atoms with van der Waals surface area (Å²) in [4.78, 5) is 2.14. The average Bonchev–Trinajstić information content (AvgIpc) is 3.13. The van der Waals surface area contributed by atoms with E-state index < -0.39 is 5.72 Å². The van der Waals surface area contributed by atoms with Crippen molar-refractivity contribution in [3.63, 3.8) is 0 Å². The van der Waals surface area contributed by atoms with E-state index in [1.807, 2.05) is 54.6 Å². The molecule has 0 aromatic heterocycles. The van der Waals surface area contributed by atoms with Crippen LogP contribution in [0.15, 0.2) is 84.9 Å². The molecule has 5 rings (SSSR count). The van der Waals surface area contributed by atoms with Crippen molar-refractivity contribution in [3.05, 3.63) is 96.1 Å². The number of benzene rings is 3. The third-order valence-electron chi connectivity index (χ3n) is 6.36. The summed E-state index contributed by atoms with van der Waals surface area (Å²) in [6.07, 6.45) is 3.14. The Labute approximate surface area is 177 Å². The highest BCUT2D eigenvalue weighted by atomic mass is 16.5. The van der Waals surface area contributed by atoms with Crippen LogP contribution in [0, 0.1) is 0 Å². The van der Waals surface area contributed by atoms with Gasteiger partial charge in [-0.2, -0.15) is 4.90 Å². The summed E-state index contributed by atoms with van der Waals surface area (Å²) >= 11 is 0. The number of ether oxygens (including phenoxy) is 1. The summed E-state index contributed by atoms with van der Waals surface area (Å²) in [5.41, 5.74) is 2.08. The second-order valence-electron chi connectivity index (χ2n) is 8.08. The van der Waals surface area contributed by atoms with Gasteiger partial charge in [0.2, 0.25) is 0 Å². The van der Waals surface area contributed by atoms with Gasteiger partial charge in [-0.1, -0.05) is 60.7 Å². The van der Waals surface area contributed by atoms with Gasteiger partial charge in [-0.25, -0.2) is 0 Å². The van der Waals surface area contributed by atoms with Gasteiger partial charge in [-0.05, 0) is 42.7 Å². The van der Waals surface area contributed by atoms with Gasteiger partial charge in [-0.15, -0.1) is 0 Å². The molecule has 3 aromatic rings. The summed E-state index contributed by atoms with van der Waals surface area (Å²) in [6.45, 7) is 0.540. The third kappa shape index (κ3) is 3.08. The van der Waals surface area contributed by atoms with Crippen LogP contribution in [0.4, 0.5) is 5.69 Å². The maximum Gasteiger partial charge on any atom is 0.275 e. The maximum absolute atomic E-state index is 12.1. The van der Waals surface area contributed by atoms with Crippen LogP contribution in [0.2, 0.25) is 0 Å². The first-order chi connectivity index (χ1) is 14.7. The SMILES string of the molecule is COc1ccc(N2C3=[N+](C[C@@]2(O)c2ccccc2)[C@H](c2ccccc2)CCC3)cc1. The van der Waals surface area contributed by atoms with Crippen LogP contribution in [0.25, 0.3) is 0 Å². The second-order valence-corrected chi connectivity index (χ2v) is 8.08. The van der Waals surface area contributed by atoms with Crippen LogP contribution in [-0.4, -0.2) is 29.2 Å². The first-order valence-corrected chi connectivity index (χ1v) is 10.6. The van der Waals surface area contributed by atoms with Crippen LogP contribution in [0.3, 0.4) is 0 Å². The first kappa shape index (κ1) is 18.9. The fraction of sp³-hybridized carbons (Fsp3) is 0.269. The number of anilines is 1. The Hall–Kier alpha value is -3.11. The Bertz CT molecular complexity index is 1050. The highest BCUT2D eigenvalue weighted by molar-refractivity contribution is 5.97. The van der Waals surface area contributed by atoms with E-state index in [1.54, 1.807) is 7.11 Å². The monoisotopic (exact) mass is 399 g/mol. The Morgan fingerprint density at radius 3 is 2.27 bits per heavy atom. The van der Waals surface area contributed by atoms with E-state index in [2.05, 4.69) is 39.8 Å². The molecule has 30 heavy (non-hydrogen) atoms. The Balaban J connectivity index is 1.65. The molecule has 2 aliphatic rings. The van der Waals surface area contributed by atoms with Gasteiger partial charge in [0.1, 0.15) is 17.5 Å². The average molecular weight is 400 g/mol. The van der Waals surface area contributed by atoms with Crippen molar-refractivity contribution >= 4 is 11.5 Å². The number of aliphatic hydroxyl groups is 1. The van der Waals surface area contributed by atoms with Gasteiger partial charge in [-0.3, -0.25) is 4.58 Å². The second kappa shape index (κ2) is 7.62. The van der Waals surface area contributed by atoms with Gasteiger partial charge in [0.15, 0.2) is 6.54 Å². The van der Waals surface area contributed by atoms with Crippen molar-refractivity contribution < 1.29 is 14.4 Å². The van der Waals surface area contributed by atoms with Gasteiger partial charge in [0.25, 0.3) is 11.6 Å². The lowest BCUT2D eigenvalue weighted by Gasteiger charge is -2.29. The molecule has 0 radical (unpaired) electrons. The largest absolute Gasteiger partial charge is 0.497 e. The number of amidine groups is 1. The van der Waals surface area contributed by atoms with Crippen LogP contribution in [-0.2, 0) is 5.72 Å². The minimum atomic E-state index is -1.12. The predicted molar refractivity (Wildman–Crippen MR) is 119 cm³/mol. The summed E-state index contributed by atoms with van der Waals surface area (Å²) in [6, 6.07) is 29.0. The molecule has 2 heterocycles. The highest BCUT2D eigenvalue weighted by Gasteiger charge is 2.56. The van der Waals surface area contributed by atoms with Crippen molar-refractivity contribution in [2.45, 2.75) is 31.0 Å². The van der Waals surface area contributed by atoms with Crippen LogP contribution in [0.1, 0.15) is 36.4 Å². The summed E-state index contributed by atoms with van der Waals surface area (Å²) in [5.74, 6) is 2.00. The lowest BCUT2D eigenvalue weighted by Crippen LogP contribution is -2.47. The summed E-state index contributed by atoms with van der Waals surface area (Å²) in [7, 11) is 1.67. The van der Waals surface area contributed by atoms with E-state index in [4.69, 9.17) is 4.74 Å². The van der Waals surface area contributed by atoms with E-state index >= 15 is 0 Å². The van der Waals surface area contributed by atoms with Crippen molar-refractivity contribution in [2.75, 3.05) is 18.6 Å². The summed E-state index contributed by atoms with van der Waals surface area (Å²) in [5, 5.41) is 12.1. The molecule has 2 atom stereocenters. The van der Waals surface area contributed by atoms with E-state index in [0.717, 1.165) is 36.3 Å². The smallest absolute Gasteiger partial charge is 0.275 e. The number of hydrogen-bond acceptors (Lipinski definition) is 3. The molecule has 0 fully saturated rings. The molecule has 4 heteroatoms. The summed E-state index contributed by atoms with van der Waals surface area (Å²) < 4.78 is 7.76. The number of methoxy groups -OCH3 is 1. The van der Waals surface area contributed by atoms with Gasteiger partial charge >= 0.3 is 0 Å². The van der Waals surface area contributed by atoms with Crippen molar-refractivity contribution in [1.82, 2.24) is 0 Å². The Morgan fingerprint density at radius 2 is 1.60 bits per heavy atom. The molecule has 0 spiro atoms. The zero-order valence-electron chi connectivity index (χ0n) is 17.2. The molecule has 1 N–H and O–H groups in total.